The summed E-state index contributed by atoms with van der Waals surface area (Å²) in [6.07, 6.45) is 0. The molecule has 0 saturated heterocycles. The molecule has 0 saturated carbocycles. The van der Waals surface area contributed by atoms with Crippen molar-refractivity contribution in [1.82, 2.24) is 5.32 Å². The number of rotatable bonds is 3. The van der Waals surface area contributed by atoms with Crippen LogP contribution in [0.3, 0.4) is 0 Å². The van der Waals surface area contributed by atoms with Crippen LogP contribution >= 0.6 is 0 Å². The fourth-order valence-corrected chi connectivity index (χ4v) is 3.93. The number of non-ortho nitro benzene ring substituents is 1. The van der Waals surface area contributed by atoms with Crippen LogP contribution in [0.1, 0.15) is 17.0 Å². The Morgan fingerprint density at radius 3 is 2.57 bits per heavy atom. The zero-order chi connectivity index (χ0) is 21.4. The number of primary amides is 1. The van der Waals surface area contributed by atoms with Crippen LogP contribution in [-0.2, 0) is 9.59 Å². The number of nitrogens with zero attached hydrogens (tertiary/aromatic N) is 1. The molecule has 4 N–H and O–H groups in total. The number of benzene rings is 3. The van der Waals surface area contributed by atoms with E-state index in [9.17, 15) is 24.5 Å². The number of nitrogens with one attached hydrogen (secondary N) is 2. The van der Waals surface area contributed by atoms with E-state index in [0.717, 1.165) is 10.8 Å². The van der Waals surface area contributed by atoms with E-state index >= 15 is 0 Å². The van der Waals surface area contributed by atoms with Crippen LogP contribution in [0.5, 0.6) is 0 Å². The summed E-state index contributed by atoms with van der Waals surface area (Å²) in [4.78, 5) is 47.7. The molecule has 0 aromatic heterocycles. The zero-order valence-corrected chi connectivity index (χ0v) is 15.5. The molecule has 0 aliphatic carbocycles. The predicted octanol–water partition coefficient (Wildman–Crippen LogP) is 2.64. The molecule has 1 aliphatic rings. The first-order valence-corrected chi connectivity index (χ1v) is 9.04. The van der Waals surface area contributed by atoms with Crippen molar-refractivity contribution in [3.63, 3.8) is 0 Å². The van der Waals surface area contributed by atoms with Gasteiger partial charge in [-0.2, -0.15) is 0 Å². The quantitative estimate of drug-likeness (QED) is 0.349. The number of nitro groups is 1. The van der Waals surface area contributed by atoms with E-state index in [1.54, 1.807) is 12.1 Å². The van der Waals surface area contributed by atoms with Crippen molar-refractivity contribution in [2.45, 2.75) is 5.92 Å². The van der Waals surface area contributed by atoms with Crippen molar-refractivity contribution >= 4 is 40.0 Å². The highest BCUT2D eigenvalue weighted by atomic mass is 16.6. The number of nitro benzene ring substituents is 1. The van der Waals surface area contributed by atoms with Crippen molar-refractivity contribution in [2.24, 2.45) is 11.7 Å². The fraction of sp³-hybridized carbons (Fsp3) is 0.0952. The third kappa shape index (κ3) is 3.22. The Hall–Kier alpha value is -4.27. The Labute approximate surface area is 170 Å². The lowest BCUT2D eigenvalue weighted by Gasteiger charge is -2.33. The van der Waals surface area contributed by atoms with Crippen LogP contribution in [0.2, 0.25) is 0 Å². The van der Waals surface area contributed by atoms with Gasteiger partial charge < -0.3 is 11.1 Å². The number of hydrogen-bond donors (Lipinski definition) is 3. The number of carbonyl (C=O) groups is 3. The Morgan fingerprint density at radius 2 is 1.83 bits per heavy atom. The standard InChI is InChI=1S/C21H16N4O5/c22-21(28)24-20(27)18-16(12-5-3-6-13(10-12)25(29)30)17-14-7-2-1-4-11(14)8-9-15(17)23-19(18)26/h1-10,16,18H,(H,23,26)(H3,22,24,27,28). The molecule has 4 amide bonds. The molecule has 9 heteroatoms. The average Bonchev–Trinajstić information content (AvgIpc) is 2.72. The molecular weight excluding hydrogens is 388 g/mol. The number of hydrogen-bond acceptors (Lipinski definition) is 5. The van der Waals surface area contributed by atoms with E-state index in [-0.39, 0.29) is 5.69 Å². The molecular formula is C21H16N4O5. The molecule has 0 fully saturated rings. The van der Waals surface area contributed by atoms with Gasteiger partial charge in [0.15, 0.2) is 0 Å². The van der Waals surface area contributed by atoms with E-state index in [2.05, 4.69) is 5.32 Å². The molecule has 4 rings (SSSR count). The van der Waals surface area contributed by atoms with Gasteiger partial charge in [-0.25, -0.2) is 4.79 Å². The van der Waals surface area contributed by atoms with E-state index in [0.29, 0.717) is 16.8 Å². The summed E-state index contributed by atoms with van der Waals surface area (Å²) >= 11 is 0. The largest absolute Gasteiger partial charge is 0.351 e. The number of nitrogens with two attached hydrogens (primary N) is 1. The molecule has 9 nitrogen and oxygen atoms in total. The van der Waals surface area contributed by atoms with Crippen molar-refractivity contribution in [2.75, 3.05) is 5.32 Å². The van der Waals surface area contributed by atoms with Crippen LogP contribution in [0.15, 0.2) is 60.7 Å². The number of anilines is 1. The monoisotopic (exact) mass is 404 g/mol. The lowest BCUT2D eigenvalue weighted by atomic mass is 9.75. The molecule has 1 aliphatic heterocycles. The topological polar surface area (TPSA) is 144 Å². The van der Waals surface area contributed by atoms with Gasteiger partial charge in [-0.05, 0) is 28.0 Å². The van der Waals surface area contributed by atoms with Gasteiger partial charge in [-0.3, -0.25) is 25.0 Å². The maximum absolute atomic E-state index is 12.9. The molecule has 3 aromatic rings. The Balaban J connectivity index is 2.00. The first-order valence-electron chi connectivity index (χ1n) is 9.04. The van der Waals surface area contributed by atoms with Crippen molar-refractivity contribution in [3.8, 4) is 0 Å². The van der Waals surface area contributed by atoms with Gasteiger partial charge in [-0.15, -0.1) is 0 Å². The molecule has 30 heavy (non-hydrogen) atoms. The van der Waals surface area contributed by atoms with Crippen LogP contribution in [-0.4, -0.2) is 22.8 Å². The number of imide groups is 1. The van der Waals surface area contributed by atoms with Crippen LogP contribution in [0, 0.1) is 16.0 Å². The summed E-state index contributed by atoms with van der Waals surface area (Å²) in [5.74, 6) is -3.72. The van der Waals surface area contributed by atoms with Gasteiger partial charge in [0.05, 0.1) is 4.92 Å². The van der Waals surface area contributed by atoms with Crippen LogP contribution in [0.4, 0.5) is 16.2 Å². The van der Waals surface area contributed by atoms with Crippen LogP contribution in [0.25, 0.3) is 10.8 Å². The van der Waals surface area contributed by atoms with Crippen molar-refractivity contribution in [1.29, 1.82) is 0 Å². The van der Waals surface area contributed by atoms with E-state index in [1.165, 1.54) is 18.2 Å². The zero-order valence-electron chi connectivity index (χ0n) is 15.5. The van der Waals surface area contributed by atoms with Gasteiger partial charge in [-0.1, -0.05) is 42.5 Å². The maximum Gasteiger partial charge on any atom is 0.318 e. The minimum Gasteiger partial charge on any atom is -0.351 e. The summed E-state index contributed by atoms with van der Waals surface area (Å²) in [6.45, 7) is 0. The van der Waals surface area contributed by atoms with Gasteiger partial charge >= 0.3 is 6.03 Å². The number of amides is 4. The molecule has 2 atom stereocenters. The first kappa shape index (κ1) is 19.1. The minimum absolute atomic E-state index is 0.172. The number of fused-ring (bicyclic) bond motifs is 3. The molecule has 150 valence electrons. The second-order valence-corrected chi connectivity index (χ2v) is 6.90. The summed E-state index contributed by atoms with van der Waals surface area (Å²) in [5.41, 5.74) is 6.45. The van der Waals surface area contributed by atoms with E-state index in [1.807, 2.05) is 35.6 Å². The van der Waals surface area contributed by atoms with E-state index < -0.39 is 34.6 Å². The lowest BCUT2D eigenvalue weighted by Crippen LogP contribution is -2.47. The second kappa shape index (κ2) is 7.28. The lowest BCUT2D eigenvalue weighted by molar-refractivity contribution is -0.384. The molecule has 0 spiro atoms. The van der Waals surface area contributed by atoms with Crippen molar-refractivity contribution in [3.05, 3.63) is 81.9 Å². The molecule has 0 radical (unpaired) electrons. The Morgan fingerprint density at radius 1 is 1.07 bits per heavy atom. The van der Waals surface area contributed by atoms with Gasteiger partial charge in [0.1, 0.15) is 5.92 Å². The summed E-state index contributed by atoms with van der Waals surface area (Å²) < 4.78 is 0. The maximum atomic E-state index is 12.9. The summed E-state index contributed by atoms with van der Waals surface area (Å²) in [7, 11) is 0. The van der Waals surface area contributed by atoms with Crippen LogP contribution < -0.4 is 16.4 Å². The summed E-state index contributed by atoms with van der Waals surface area (Å²) in [6, 6.07) is 15.7. The SMILES string of the molecule is NC(=O)NC(=O)C1C(=O)Nc2ccc3ccccc3c2C1c1cccc([N+](=O)[O-])c1. The predicted molar refractivity (Wildman–Crippen MR) is 109 cm³/mol. The molecule has 2 unspecified atom stereocenters. The minimum atomic E-state index is -1.35. The molecule has 3 aromatic carbocycles. The van der Waals surface area contributed by atoms with Gasteiger partial charge in [0.25, 0.3) is 5.69 Å². The van der Waals surface area contributed by atoms with E-state index in [4.69, 9.17) is 5.73 Å². The normalized spacial score (nSPS) is 17.7. The second-order valence-electron chi connectivity index (χ2n) is 6.90. The number of urea groups is 1. The third-order valence-electron chi connectivity index (χ3n) is 5.12. The molecule has 0 bridgehead atoms. The van der Waals surface area contributed by atoms with Crippen molar-refractivity contribution < 1.29 is 19.3 Å². The first-order chi connectivity index (χ1) is 14.4. The third-order valence-corrected chi connectivity index (χ3v) is 5.12. The Bertz CT molecular complexity index is 1220. The summed E-state index contributed by atoms with van der Waals surface area (Å²) in [5, 5.41) is 17.6. The van der Waals surface area contributed by atoms with Gasteiger partial charge in [0.2, 0.25) is 11.8 Å². The Kier molecular flexibility index (Phi) is 4.63. The highest BCUT2D eigenvalue weighted by Crippen LogP contribution is 2.45. The molecule has 1 heterocycles. The fourth-order valence-electron chi connectivity index (χ4n) is 3.93. The highest BCUT2D eigenvalue weighted by molar-refractivity contribution is 6.14. The smallest absolute Gasteiger partial charge is 0.318 e. The van der Waals surface area contributed by atoms with Gasteiger partial charge in [0, 0.05) is 23.7 Å². The average molecular weight is 404 g/mol. The number of carbonyl (C=O) groups excluding carboxylic acids is 3. The highest BCUT2D eigenvalue weighted by Gasteiger charge is 2.43.